The molecule has 0 radical (unpaired) electrons. The number of rotatable bonds is 5. The zero-order chi connectivity index (χ0) is 13.8. The van der Waals surface area contributed by atoms with Gasteiger partial charge in [-0.3, -0.25) is 19.7 Å². The van der Waals surface area contributed by atoms with Gasteiger partial charge in [0.1, 0.15) is 0 Å². The highest BCUT2D eigenvalue weighted by Crippen LogP contribution is 2.06. The minimum absolute atomic E-state index is 0.170. The summed E-state index contributed by atoms with van der Waals surface area (Å²) in [5.41, 5.74) is 0. The van der Waals surface area contributed by atoms with E-state index in [-0.39, 0.29) is 13.0 Å². The van der Waals surface area contributed by atoms with Crippen molar-refractivity contribution in [1.29, 1.82) is 0 Å². The van der Waals surface area contributed by atoms with Crippen LogP contribution in [0, 0.1) is 0 Å². The number of nitrogens with one attached hydrogen (secondary N) is 1. The number of carbonyl (C=O) groups excluding carboxylic acids is 3. The number of imide groups is 1. The third-order valence-electron chi connectivity index (χ3n) is 2.18. The summed E-state index contributed by atoms with van der Waals surface area (Å²) in [7, 11) is -3.81. The van der Waals surface area contributed by atoms with Crippen molar-refractivity contribution in [1.82, 2.24) is 9.62 Å². The highest BCUT2D eigenvalue weighted by Gasteiger charge is 2.31. The number of piperazine rings is 1. The highest BCUT2D eigenvalue weighted by atomic mass is 32.2. The van der Waals surface area contributed by atoms with Crippen LogP contribution in [-0.4, -0.2) is 56.0 Å². The summed E-state index contributed by atoms with van der Waals surface area (Å²) < 4.78 is 28.9. The van der Waals surface area contributed by atoms with Crippen LogP contribution in [-0.2, 0) is 29.1 Å². The maximum Gasteiger partial charge on any atom is 0.306 e. The first-order valence-electron chi connectivity index (χ1n) is 5.31. The summed E-state index contributed by atoms with van der Waals surface area (Å²) in [6, 6.07) is 0. The van der Waals surface area contributed by atoms with Gasteiger partial charge < -0.3 is 4.74 Å². The smallest absolute Gasteiger partial charge is 0.306 e. The summed E-state index contributed by atoms with van der Waals surface area (Å²) in [5, 5.41) is 1.99. The van der Waals surface area contributed by atoms with Crippen molar-refractivity contribution in [2.45, 2.75) is 13.3 Å². The Kier molecular flexibility index (Phi) is 4.79. The lowest BCUT2D eigenvalue weighted by molar-refractivity contribution is -0.142. The zero-order valence-corrected chi connectivity index (χ0v) is 10.7. The number of esters is 1. The molecule has 0 bridgehead atoms. The monoisotopic (exact) mass is 278 g/mol. The second-order valence-corrected chi connectivity index (χ2v) is 5.70. The van der Waals surface area contributed by atoms with Crippen molar-refractivity contribution in [2.75, 3.05) is 25.4 Å². The van der Waals surface area contributed by atoms with Gasteiger partial charge in [-0.05, 0) is 6.92 Å². The van der Waals surface area contributed by atoms with E-state index in [1.807, 2.05) is 5.32 Å². The standard InChI is InChI=1S/C9H14N2O6S/c1-2-17-9(14)3-4-18(15,16)11-5-7(12)10-8(13)6-11/h2-6H2,1H3,(H,10,12,13). The van der Waals surface area contributed by atoms with E-state index < -0.39 is 46.6 Å². The van der Waals surface area contributed by atoms with E-state index in [0.717, 1.165) is 4.31 Å². The van der Waals surface area contributed by atoms with E-state index in [9.17, 15) is 22.8 Å². The SMILES string of the molecule is CCOC(=O)CCS(=O)(=O)N1CC(=O)NC(=O)C1. The fourth-order valence-electron chi connectivity index (χ4n) is 1.38. The predicted octanol–water partition coefficient (Wildman–Crippen LogP) is -1.77. The zero-order valence-electron chi connectivity index (χ0n) is 9.84. The number of hydrogen-bond donors (Lipinski definition) is 1. The summed E-state index contributed by atoms with van der Waals surface area (Å²) >= 11 is 0. The Balaban J connectivity index is 2.60. The van der Waals surface area contributed by atoms with Crippen LogP contribution in [0.3, 0.4) is 0 Å². The van der Waals surface area contributed by atoms with Gasteiger partial charge >= 0.3 is 5.97 Å². The van der Waals surface area contributed by atoms with Crippen LogP contribution in [0.2, 0.25) is 0 Å². The number of hydrogen-bond acceptors (Lipinski definition) is 6. The van der Waals surface area contributed by atoms with E-state index in [1.165, 1.54) is 0 Å². The molecule has 1 aliphatic heterocycles. The first kappa shape index (κ1) is 14.6. The van der Waals surface area contributed by atoms with Gasteiger partial charge in [-0.15, -0.1) is 0 Å². The topological polar surface area (TPSA) is 110 Å². The van der Waals surface area contributed by atoms with Gasteiger partial charge in [-0.2, -0.15) is 4.31 Å². The second kappa shape index (κ2) is 5.91. The molecule has 0 unspecified atom stereocenters. The molecule has 8 nitrogen and oxygen atoms in total. The molecule has 102 valence electrons. The number of carbonyl (C=O) groups is 3. The van der Waals surface area contributed by atoms with Crippen LogP contribution in [0.5, 0.6) is 0 Å². The fraction of sp³-hybridized carbons (Fsp3) is 0.667. The van der Waals surface area contributed by atoms with Crippen LogP contribution in [0.4, 0.5) is 0 Å². The molecule has 9 heteroatoms. The molecule has 18 heavy (non-hydrogen) atoms. The molecule has 0 spiro atoms. The first-order chi connectivity index (χ1) is 8.35. The summed E-state index contributed by atoms with van der Waals surface area (Å²) in [5.74, 6) is -2.46. The molecule has 0 atom stereocenters. The largest absolute Gasteiger partial charge is 0.466 e. The molecule has 0 aliphatic carbocycles. The Morgan fingerprint density at radius 1 is 1.33 bits per heavy atom. The maximum atomic E-state index is 11.8. The summed E-state index contributed by atoms with van der Waals surface area (Å²) in [4.78, 5) is 33.1. The molecule has 1 saturated heterocycles. The van der Waals surface area contributed by atoms with Crippen molar-refractivity contribution in [2.24, 2.45) is 0 Å². The third kappa shape index (κ3) is 4.08. The van der Waals surface area contributed by atoms with Crippen molar-refractivity contribution < 1.29 is 27.5 Å². The van der Waals surface area contributed by atoms with Gasteiger partial charge in [0, 0.05) is 0 Å². The molecule has 1 heterocycles. The second-order valence-electron chi connectivity index (χ2n) is 3.61. The van der Waals surface area contributed by atoms with Crippen LogP contribution in [0.15, 0.2) is 0 Å². The van der Waals surface area contributed by atoms with Crippen molar-refractivity contribution in [3.63, 3.8) is 0 Å². The Hall–Kier alpha value is -1.48. The lowest BCUT2D eigenvalue weighted by Crippen LogP contribution is -2.53. The first-order valence-corrected chi connectivity index (χ1v) is 6.92. The van der Waals surface area contributed by atoms with Gasteiger partial charge in [0.15, 0.2) is 0 Å². The number of amides is 2. The average molecular weight is 278 g/mol. The molecule has 1 aliphatic rings. The van der Waals surface area contributed by atoms with Gasteiger partial charge in [-0.1, -0.05) is 0 Å². The molecule has 1 fully saturated rings. The third-order valence-corrected chi connectivity index (χ3v) is 3.95. The molecule has 2 amide bonds. The van der Waals surface area contributed by atoms with E-state index in [1.54, 1.807) is 6.92 Å². The van der Waals surface area contributed by atoms with E-state index in [2.05, 4.69) is 4.74 Å². The van der Waals surface area contributed by atoms with Crippen molar-refractivity contribution in [3.8, 4) is 0 Å². The normalized spacial score (nSPS) is 17.4. The van der Waals surface area contributed by atoms with E-state index in [4.69, 9.17) is 0 Å². The molecule has 0 aromatic carbocycles. The van der Waals surface area contributed by atoms with Crippen LogP contribution < -0.4 is 5.32 Å². The summed E-state index contributed by atoms with van der Waals surface area (Å²) in [6.07, 6.45) is -0.303. The minimum atomic E-state index is -3.81. The predicted molar refractivity (Wildman–Crippen MR) is 59.8 cm³/mol. The van der Waals surface area contributed by atoms with Crippen LogP contribution >= 0.6 is 0 Å². The number of sulfonamides is 1. The lowest BCUT2D eigenvalue weighted by Gasteiger charge is -2.24. The van der Waals surface area contributed by atoms with Gasteiger partial charge in [0.2, 0.25) is 21.8 Å². The fourth-order valence-corrected chi connectivity index (χ4v) is 2.69. The minimum Gasteiger partial charge on any atom is -0.466 e. The molecule has 1 rings (SSSR count). The van der Waals surface area contributed by atoms with Gasteiger partial charge in [-0.25, -0.2) is 8.42 Å². The van der Waals surface area contributed by atoms with E-state index in [0.29, 0.717) is 0 Å². The van der Waals surface area contributed by atoms with Crippen molar-refractivity contribution >= 4 is 27.8 Å². The maximum absolute atomic E-state index is 11.8. The average Bonchev–Trinajstić information content (AvgIpc) is 2.26. The molecule has 0 aromatic rings. The Bertz CT molecular complexity index is 442. The van der Waals surface area contributed by atoms with Crippen LogP contribution in [0.1, 0.15) is 13.3 Å². The van der Waals surface area contributed by atoms with E-state index >= 15 is 0 Å². The molecule has 0 saturated carbocycles. The number of ether oxygens (including phenoxy) is 1. The highest BCUT2D eigenvalue weighted by molar-refractivity contribution is 7.89. The Morgan fingerprint density at radius 3 is 2.39 bits per heavy atom. The summed E-state index contributed by atoms with van der Waals surface area (Å²) in [6.45, 7) is 0.970. The molecule has 1 N–H and O–H groups in total. The molecular weight excluding hydrogens is 264 g/mol. The molecule has 0 aromatic heterocycles. The Labute approximate surface area is 104 Å². The lowest BCUT2D eigenvalue weighted by atomic mass is 10.4. The van der Waals surface area contributed by atoms with Gasteiger partial charge in [0.05, 0.1) is 31.9 Å². The quantitative estimate of drug-likeness (QED) is 0.470. The van der Waals surface area contributed by atoms with Crippen LogP contribution in [0.25, 0.3) is 0 Å². The van der Waals surface area contributed by atoms with Crippen molar-refractivity contribution in [3.05, 3.63) is 0 Å². The molecular formula is C9H14N2O6S. The van der Waals surface area contributed by atoms with Gasteiger partial charge in [0.25, 0.3) is 0 Å². The number of nitrogens with zero attached hydrogens (tertiary/aromatic N) is 1. The Morgan fingerprint density at radius 2 is 1.89 bits per heavy atom.